The number of anilines is 1. The smallest absolute Gasteiger partial charge is 0.224 e. The zero-order valence-corrected chi connectivity index (χ0v) is 11.0. The van der Waals surface area contributed by atoms with Gasteiger partial charge in [-0.15, -0.1) is 11.3 Å². The Bertz CT molecular complexity index is 500. The van der Waals surface area contributed by atoms with Crippen LogP contribution >= 0.6 is 46.1 Å². The fourth-order valence-corrected chi connectivity index (χ4v) is 2.41. The third kappa shape index (κ3) is 2.98. The molecule has 0 aromatic carbocycles. The molecule has 0 radical (unpaired) electrons. The Morgan fingerprint density at radius 1 is 1.25 bits per heavy atom. The lowest BCUT2D eigenvalue weighted by molar-refractivity contribution is 1.10. The lowest BCUT2D eigenvalue weighted by Crippen LogP contribution is -2.01. The van der Waals surface area contributed by atoms with E-state index in [4.69, 9.17) is 34.8 Å². The molecule has 16 heavy (non-hydrogen) atoms. The fourth-order valence-electron chi connectivity index (χ4n) is 1.09. The van der Waals surface area contributed by atoms with Crippen LogP contribution in [0.2, 0.25) is 14.6 Å². The summed E-state index contributed by atoms with van der Waals surface area (Å²) in [5.41, 5.74) is 0. The van der Waals surface area contributed by atoms with Crippen LogP contribution in [0, 0.1) is 0 Å². The van der Waals surface area contributed by atoms with Gasteiger partial charge in [0.1, 0.15) is 10.8 Å². The highest BCUT2D eigenvalue weighted by atomic mass is 35.5. The van der Waals surface area contributed by atoms with Crippen molar-refractivity contribution in [1.29, 1.82) is 0 Å². The van der Waals surface area contributed by atoms with E-state index in [9.17, 15) is 0 Å². The van der Waals surface area contributed by atoms with Crippen LogP contribution in [0.25, 0.3) is 0 Å². The number of nitrogens with zero attached hydrogens (tertiary/aromatic N) is 2. The standard InChI is InChI=1S/C9H6Cl3N3S/c10-6-4-14-9(12)15-8(6)13-3-5-1-2-7(11)16-5/h1-2,4H,3H2,(H,13,14,15). The van der Waals surface area contributed by atoms with Gasteiger partial charge < -0.3 is 5.32 Å². The van der Waals surface area contributed by atoms with Crippen LogP contribution in [0.3, 0.4) is 0 Å². The van der Waals surface area contributed by atoms with Crippen molar-refractivity contribution < 1.29 is 0 Å². The van der Waals surface area contributed by atoms with Crippen LogP contribution in [0.5, 0.6) is 0 Å². The fraction of sp³-hybridized carbons (Fsp3) is 0.111. The first kappa shape index (κ1) is 11.9. The second-order valence-electron chi connectivity index (χ2n) is 2.89. The predicted molar refractivity (Wildman–Crippen MR) is 68.7 cm³/mol. The zero-order chi connectivity index (χ0) is 11.5. The van der Waals surface area contributed by atoms with E-state index in [1.165, 1.54) is 17.5 Å². The lowest BCUT2D eigenvalue weighted by Gasteiger charge is -2.05. The third-order valence-corrected chi connectivity index (χ3v) is 3.46. The number of hydrogen-bond acceptors (Lipinski definition) is 4. The summed E-state index contributed by atoms with van der Waals surface area (Å²) in [4.78, 5) is 8.83. The summed E-state index contributed by atoms with van der Waals surface area (Å²) in [5, 5.41) is 3.67. The van der Waals surface area contributed by atoms with Crippen molar-refractivity contribution in [3.8, 4) is 0 Å². The molecule has 0 aliphatic rings. The molecule has 0 spiro atoms. The van der Waals surface area contributed by atoms with Crippen molar-refractivity contribution in [2.45, 2.75) is 6.54 Å². The Labute approximate surface area is 111 Å². The van der Waals surface area contributed by atoms with Crippen molar-refractivity contribution in [1.82, 2.24) is 9.97 Å². The minimum Gasteiger partial charge on any atom is -0.364 e. The van der Waals surface area contributed by atoms with Gasteiger partial charge in [-0.05, 0) is 23.7 Å². The van der Waals surface area contributed by atoms with E-state index < -0.39 is 0 Å². The van der Waals surface area contributed by atoms with Gasteiger partial charge in [-0.25, -0.2) is 4.98 Å². The zero-order valence-electron chi connectivity index (χ0n) is 7.88. The van der Waals surface area contributed by atoms with E-state index >= 15 is 0 Å². The quantitative estimate of drug-likeness (QED) is 0.866. The van der Waals surface area contributed by atoms with E-state index in [0.29, 0.717) is 17.4 Å². The van der Waals surface area contributed by atoms with Crippen molar-refractivity contribution in [2.24, 2.45) is 0 Å². The van der Waals surface area contributed by atoms with Gasteiger partial charge >= 0.3 is 0 Å². The van der Waals surface area contributed by atoms with Gasteiger partial charge in [0.05, 0.1) is 17.1 Å². The molecular weight excluding hydrogens is 289 g/mol. The monoisotopic (exact) mass is 293 g/mol. The molecule has 2 heterocycles. The highest BCUT2D eigenvalue weighted by Gasteiger charge is 2.04. The molecule has 0 saturated heterocycles. The summed E-state index contributed by atoms with van der Waals surface area (Å²) >= 11 is 18.9. The molecule has 0 amide bonds. The first-order valence-electron chi connectivity index (χ1n) is 4.31. The van der Waals surface area contributed by atoms with Crippen LogP contribution in [-0.4, -0.2) is 9.97 Å². The number of hydrogen-bond donors (Lipinski definition) is 1. The van der Waals surface area contributed by atoms with E-state index in [1.54, 1.807) is 0 Å². The summed E-state index contributed by atoms with van der Waals surface area (Å²) in [6.07, 6.45) is 1.46. The molecule has 1 N–H and O–H groups in total. The lowest BCUT2D eigenvalue weighted by atomic mass is 10.4. The minimum absolute atomic E-state index is 0.163. The van der Waals surface area contributed by atoms with Crippen LogP contribution in [0.4, 0.5) is 5.82 Å². The van der Waals surface area contributed by atoms with Crippen LogP contribution in [0.1, 0.15) is 4.88 Å². The highest BCUT2D eigenvalue weighted by Crippen LogP contribution is 2.24. The Morgan fingerprint density at radius 3 is 2.75 bits per heavy atom. The molecule has 0 unspecified atom stereocenters. The SMILES string of the molecule is Clc1ncc(Cl)c(NCc2ccc(Cl)s2)n1. The minimum atomic E-state index is 0.163. The first-order valence-corrected chi connectivity index (χ1v) is 6.26. The van der Waals surface area contributed by atoms with Crippen LogP contribution in [0.15, 0.2) is 18.3 Å². The Hall–Kier alpha value is -0.550. The number of halogens is 3. The summed E-state index contributed by atoms with van der Waals surface area (Å²) in [6.45, 7) is 0.602. The topological polar surface area (TPSA) is 37.8 Å². The number of rotatable bonds is 3. The predicted octanol–water partition coefficient (Wildman–Crippen LogP) is 4.11. The molecule has 0 atom stereocenters. The van der Waals surface area contributed by atoms with Gasteiger partial charge in [0.25, 0.3) is 0 Å². The molecule has 0 aliphatic carbocycles. The molecular formula is C9H6Cl3N3S. The third-order valence-electron chi connectivity index (χ3n) is 1.77. The van der Waals surface area contributed by atoms with Gasteiger partial charge in [-0.1, -0.05) is 23.2 Å². The maximum absolute atomic E-state index is 5.90. The van der Waals surface area contributed by atoms with Gasteiger partial charge in [0.15, 0.2) is 0 Å². The molecule has 0 fully saturated rings. The first-order chi connectivity index (χ1) is 7.65. The van der Waals surface area contributed by atoms with Gasteiger partial charge in [-0.2, -0.15) is 4.98 Å². The van der Waals surface area contributed by atoms with Gasteiger partial charge in [0, 0.05) is 4.88 Å². The molecule has 0 saturated carbocycles. The van der Waals surface area contributed by atoms with E-state index in [2.05, 4.69) is 15.3 Å². The van der Waals surface area contributed by atoms with Crippen LogP contribution < -0.4 is 5.32 Å². The van der Waals surface area contributed by atoms with Gasteiger partial charge in [-0.3, -0.25) is 0 Å². The van der Waals surface area contributed by atoms with E-state index in [-0.39, 0.29) is 5.28 Å². The van der Waals surface area contributed by atoms with Crippen molar-refractivity contribution in [2.75, 3.05) is 5.32 Å². The maximum Gasteiger partial charge on any atom is 0.224 e. The largest absolute Gasteiger partial charge is 0.364 e. The normalized spacial score (nSPS) is 10.4. The van der Waals surface area contributed by atoms with Crippen molar-refractivity contribution in [3.05, 3.63) is 37.8 Å². The molecule has 84 valence electrons. The van der Waals surface area contributed by atoms with E-state index in [0.717, 1.165) is 9.21 Å². The Kier molecular flexibility index (Phi) is 3.86. The van der Waals surface area contributed by atoms with Crippen molar-refractivity contribution >= 4 is 52.0 Å². The number of aromatic nitrogens is 2. The Morgan fingerprint density at radius 2 is 2.06 bits per heavy atom. The molecule has 7 heteroatoms. The summed E-state index contributed by atoms with van der Waals surface area (Å²) in [6, 6.07) is 3.79. The van der Waals surface area contributed by atoms with Crippen molar-refractivity contribution in [3.63, 3.8) is 0 Å². The van der Waals surface area contributed by atoms with Gasteiger partial charge in [0.2, 0.25) is 5.28 Å². The average molecular weight is 295 g/mol. The molecule has 0 aliphatic heterocycles. The summed E-state index contributed by atoms with van der Waals surface area (Å²) < 4.78 is 0.753. The second kappa shape index (κ2) is 5.19. The number of nitrogens with one attached hydrogen (secondary N) is 1. The average Bonchev–Trinajstić information content (AvgIpc) is 2.66. The number of thiophene rings is 1. The highest BCUT2D eigenvalue weighted by molar-refractivity contribution is 7.16. The second-order valence-corrected chi connectivity index (χ2v) is 5.44. The summed E-state index contributed by atoms with van der Waals surface area (Å²) in [5.74, 6) is 0.520. The Balaban J connectivity index is 2.07. The van der Waals surface area contributed by atoms with Crippen LogP contribution in [-0.2, 0) is 6.54 Å². The summed E-state index contributed by atoms with van der Waals surface area (Å²) in [7, 11) is 0. The molecule has 2 rings (SSSR count). The maximum atomic E-state index is 5.90. The molecule has 3 nitrogen and oxygen atoms in total. The molecule has 0 bridgehead atoms. The molecule has 2 aromatic heterocycles. The molecule has 2 aromatic rings. The van der Waals surface area contributed by atoms with E-state index in [1.807, 2.05) is 12.1 Å².